The molecule has 4 amide bonds. The number of phenols is 1. The Kier molecular flexibility index (Phi) is 6.94. The maximum absolute atomic E-state index is 14.9. The van der Waals surface area contributed by atoms with E-state index in [0.29, 0.717) is 39.0 Å². The van der Waals surface area contributed by atoms with Crippen molar-refractivity contribution in [1.29, 1.82) is 0 Å². The largest absolute Gasteiger partial charge is 0.508 e. The van der Waals surface area contributed by atoms with E-state index in [-0.39, 0.29) is 24.4 Å². The van der Waals surface area contributed by atoms with Gasteiger partial charge in [0.2, 0.25) is 11.8 Å². The highest BCUT2D eigenvalue weighted by atomic mass is 35.5. The number of carbonyl (C=O) groups is 4. The van der Waals surface area contributed by atoms with Crippen LogP contribution in [0.15, 0.2) is 72.4 Å². The Bertz CT molecular complexity index is 1870. The summed E-state index contributed by atoms with van der Waals surface area (Å²) in [5.74, 6) is -7.21. The normalized spacial score (nSPS) is 28.8. The number of aromatic hydroxyl groups is 1. The molecular formula is C32H23Cl2F3N4O5. The van der Waals surface area contributed by atoms with Crippen molar-refractivity contribution in [2.75, 3.05) is 5.43 Å². The molecule has 3 fully saturated rings. The first-order chi connectivity index (χ1) is 21.8. The summed E-state index contributed by atoms with van der Waals surface area (Å²) in [7, 11) is 0. The Morgan fingerprint density at radius 2 is 1.72 bits per heavy atom. The predicted molar refractivity (Wildman–Crippen MR) is 158 cm³/mol. The van der Waals surface area contributed by atoms with Crippen molar-refractivity contribution in [3.05, 3.63) is 99.2 Å². The Morgan fingerprint density at radius 3 is 2.39 bits per heavy atom. The maximum atomic E-state index is 14.9. The molecule has 2 aromatic carbocycles. The summed E-state index contributed by atoms with van der Waals surface area (Å²) < 4.78 is 39.9. The lowest BCUT2D eigenvalue weighted by Gasteiger charge is -2.50. The lowest BCUT2D eigenvalue weighted by molar-refractivity contribution is -0.139. The zero-order chi connectivity index (χ0) is 32.7. The number of hydrogen-bond donors (Lipinski definition) is 3. The first-order valence-electron chi connectivity index (χ1n) is 14.3. The minimum atomic E-state index is -4.73. The lowest BCUT2D eigenvalue weighted by atomic mass is 9.49. The molecule has 2 aliphatic carbocycles. The molecule has 6 unspecified atom stereocenters. The number of nitrogens with one attached hydrogen (secondary N) is 2. The SMILES string of the molecule is O=C1NC(=O)C2C1CC=C1C2CC2C(=O)N(Nc3ncc(C(F)(F)F)cc3Cl)C(=O)C2(c2ccc(Cl)cc2)C1c1ccccc1O. The average molecular weight is 671 g/mol. The molecule has 46 heavy (non-hydrogen) atoms. The third kappa shape index (κ3) is 4.33. The summed E-state index contributed by atoms with van der Waals surface area (Å²) in [5.41, 5.74) is 1.04. The number of para-hydroxylation sites is 1. The van der Waals surface area contributed by atoms with Gasteiger partial charge in [0.25, 0.3) is 11.8 Å². The van der Waals surface area contributed by atoms with Crippen molar-refractivity contribution >= 4 is 52.6 Å². The summed E-state index contributed by atoms with van der Waals surface area (Å²) in [6.07, 6.45) is -2.20. The summed E-state index contributed by atoms with van der Waals surface area (Å²) >= 11 is 12.4. The van der Waals surface area contributed by atoms with Crippen LogP contribution in [-0.2, 0) is 30.8 Å². The van der Waals surface area contributed by atoms with Gasteiger partial charge in [-0.25, -0.2) is 4.98 Å². The number of nitrogens with zero attached hydrogens (tertiary/aromatic N) is 2. The number of phenolic OH excluding ortho intramolecular Hbond substituents is 1. The molecule has 14 heteroatoms. The fourth-order valence-electron chi connectivity index (χ4n) is 7.77. The van der Waals surface area contributed by atoms with E-state index >= 15 is 0 Å². The van der Waals surface area contributed by atoms with Crippen LogP contribution >= 0.6 is 23.2 Å². The number of imide groups is 2. The summed E-state index contributed by atoms with van der Waals surface area (Å²) in [6, 6.07) is 13.3. The van der Waals surface area contributed by atoms with Crippen LogP contribution in [0.5, 0.6) is 5.75 Å². The number of alkyl halides is 3. The van der Waals surface area contributed by atoms with Crippen molar-refractivity contribution in [2.45, 2.75) is 30.4 Å². The van der Waals surface area contributed by atoms with Crippen LogP contribution in [0.1, 0.15) is 35.4 Å². The molecule has 7 rings (SSSR count). The Hall–Kier alpha value is -4.42. The highest BCUT2D eigenvalue weighted by Gasteiger charge is 2.70. The third-order valence-electron chi connectivity index (χ3n) is 9.65. The van der Waals surface area contributed by atoms with Crippen molar-refractivity contribution in [3.63, 3.8) is 0 Å². The molecule has 1 saturated carbocycles. The zero-order valence-electron chi connectivity index (χ0n) is 23.5. The number of rotatable bonds is 4. The molecule has 0 spiro atoms. The van der Waals surface area contributed by atoms with Crippen molar-refractivity contribution < 1.29 is 37.5 Å². The Balaban J connectivity index is 1.44. The van der Waals surface area contributed by atoms with Crippen molar-refractivity contribution in [2.24, 2.45) is 23.7 Å². The topological polar surface area (TPSA) is 129 Å². The van der Waals surface area contributed by atoms with E-state index in [1.807, 2.05) is 6.08 Å². The van der Waals surface area contributed by atoms with Gasteiger partial charge >= 0.3 is 6.18 Å². The van der Waals surface area contributed by atoms with E-state index < -0.39 is 75.4 Å². The molecule has 3 aromatic rings. The number of amides is 4. The summed E-state index contributed by atoms with van der Waals surface area (Å²) in [5, 5.41) is 14.2. The number of fused-ring (bicyclic) bond motifs is 4. The molecular weight excluding hydrogens is 648 g/mol. The van der Waals surface area contributed by atoms with Gasteiger partial charge in [-0.3, -0.25) is 29.9 Å². The molecule has 236 valence electrons. The van der Waals surface area contributed by atoms with Crippen LogP contribution in [0.4, 0.5) is 19.0 Å². The molecule has 3 N–H and O–H groups in total. The highest BCUT2D eigenvalue weighted by molar-refractivity contribution is 6.33. The first-order valence-corrected chi connectivity index (χ1v) is 15.1. The smallest absolute Gasteiger partial charge is 0.417 e. The highest BCUT2D eigenvalue weighted by Crippen LogP contribution is 2.64. The van der Waals surface area contributed by atoms with E-state index in [9.17, 15) is 37.5 Å². The van der Waals surface area contributed by atoms with E-state index in [4.69, 9.17) is 23.2 Å². The van der Waals surface area contributed by atoms with Crippen LogP contribution in [0.2, 0.25) is 10.0 Å². The summed E-state index contributed by atoms with van der Waals surface area (Å²) in [4.78, 5) is 59.0. The van der Waals surface area contributed by atoms with Gasteiger partial charge in [0.05, 0.1) is 33.8 Å². The number of anilines is 1. The fourth-order valence-corrected chi connectivity index (χ4v) is 8.10. The van der Waals surface area contributed by atoms with E-state index in [0.717, 1.165) is 0 Å². The molecule has 0 radical (unpaired) electrons. The number of benzene rings is 2. The van der Waals surface area contributed by atoms with E-state index in [1.54, 1.807) is 42.5 Å². The number of carbonyl (C=O) groups excluding carboxylic acids is 4. The molecule has 6 atom stereocenters. The number of halogens is 5. The monoisotopic (exact) mass is 670 g/mol. The molecule has 9 nitrogen and oxygen atoms in total. The minimum absolute atomic E-state index is 0.0165. The molecule has 0 bridgehead atoms. The zero-order valence-corrected chi connectivity index (χ0v) is 25.0. The van der Waals surface area contributed by atoms with Gasteiger partial charge in [0, 0.05) is 22.7 Å². The van der Waals surface area contributed by atoms with Gasteiger partial charge in [0.15, 0.2) is 5.82 Å². The standard InChI is InChI=1S/C32H23Cl2F3N4O5/c33-16-7-5-14(6-8-16)31-21(29(45)41(30(31)46)40-26-22(34)11-15(13-38-26)32(35,36)37)12-20-17(25(31)18-3-1-2-4-23(18)42)9-10-19-24(20)28(44)39-27(19)43/h1-9,11,13,19-21,24-25,42H,10,12H2,(H,38,40)(H,39,43,44). The second-order valence-corrected chi connectivity index (χ2v) is 12.7. The second-order valence-electron chi connectivity index (χ2n) is 11.8. The van der Waals surface area contributed by atoms with Crippen LogP contribution in [-0.4, -0.2) is 38.7 Å². The molecule has 2 saturated heterocycles. The second kappa shape index (κ2) is 10.6. The predicted octanol–water partition coefficient (Wildman–Crippen LogP) is 5.39. The van der Waals surface area contributed by atoms with Gasteiger partial charge in [-0.15, -0.1) is 0 Å². The van der Waals surface area contributed by atoms with E-state index in [2.05, 4.69) is 15.7 Å². The number of pyridine rings is 1. The van der Waals surface area contributed by atoms with Crippen LogP contribution in [0.3, 0.4) is 0 Å². The molecule has 4 aliphatic rings. The Labute approximate surface area is 269 Å². The van der Waals surface area contributed by atoms with Gasteiger partial charge in [-0.2, -0.15) is 18.2 Å². The summed E-state index contributed by atoms with van der Waals surface area (Å²) in [6.45, 7) is 0. The number of hydrazine groups is 1. The maximum Gasteiger partial charge on any atom is 0.417 e. The Morgan fingerprint density at radius 1 is 1.00 bits per heavy atom. The van der Waals surface area contributed by atoms with E-state index in [1.165, 1.54) is 6.07 Å². The van der Waals surface area contributed by atoms with Gasteiger partial charge < -0.3 is 5.11 Å². The van der Waals surface area contributed by atoms with Gasteiger partial charge in [-0.05, 0) is 48.6 Å². The van der Waals surface area contributed by atoms with Crippen molar-refractivity contribution in [1.82, 2.24) is 15.3 Å². The number of allylic oxidation sites excluding steroid dienone is 2. The third-order valence-corrected chi connectivity index (χ3v) is 10.2. The lowest BCUT2D eigenvalue weighted by Crippen LogP contribution is -2.53. The van der Waals surface area contributed by atoms with Crippen LogP contribution < -0.4 is 10.7 Å². The number of hydrogen-bond acceptors (Lipinski definition) is 7. The fraction of sp³-hybridized carbons (Fsp3) is 0.281. The quantitative estimate of drug-likeness (QED) is 0.251. The molecule has 2 aliphatic heterocycles. The molecule has 3 heterocycles. The van der Waals surface area contributed by atoms with Crippen molar-refractivity contribution in [3.8, 4) is 5.75 Å². The van der Waals surface area contributed by atoms with Gasteiger partial charge in [-0.1, -0.05) is 65.2 Å². The first kappa shape index (κ1) is 30.2. The average Bonchev–Trinajstić information content (AvgIpc) is 3.42. The number of aromatic nitrogens is 1. The van der Waals surface area contributed by atoms with Gasteiger partial charge in [0.1, 0.15) is 5.75 Å². The minimum Gasteiger partial charge on any atom is -0.508 e. The van der Waals surface area contributed by atoms with Crippen LogP contribution in [0, 0.1) is 23.7 Å². The van der Waals surface area contributed by atoms with Crippen LogP contribution in [0.25, 0.3) is 0 Å². The molecule has 1 aromatic heterocycles.